The summed E-state index contributed by atoms with van der Waals surface area (Å²) in [6.07, 6.45) is 0. The molecule has 0 spiro atoms. The Hall–Kier alpha value is -3.23. The third kappa shape index (κ3) is 3.68. The molecule has 4 aromatic carbocycles. The summed E-state index contributed by atoms with van der Waals surface area (Å²) in [7, 11) is -1.42. The molecule has 0 bridgehead atoms. The van der Waals surface area contributed by atoms with Gasteiger partial charge in [0.05, 0.1) is 19.3 Å². The molecular formula is C29H27NSi. The molecule has 2 heteroatoms. The standard InChI is InChI=1S/C29H27NSi/c1-20-16-23(17-22-12-8-9-13-25(20)22)29-19-26(21-10-6-5-7-11-21)27-18-24(31(2,3)4)14-15-28(27)30-29/h5-19H,1-4H3. The van der Waals surface area contributed by atoms with Gasteiger partial charge >= 0.3 is 0 Å². The van der Waals surface area contributed by atoms with E-state index in [1.54, 1.807) is 0 Å². The zero-order chi connectivity index (χ0) is 21.6. The molecule has 31 heavy (non-hydrogen) atoms. The monoisotopic (exact) mass is 417 g/mol. The Balaban J connectivity index is 1.79. The fourth-order valence-corrected chi connectivity index (χ4v) is 5.51. The van der Waals surface area contributed by atoms with Crippen molar-refractivity contribution in [2.45, 2.75) is 26.6 Å². The zero-order valence-corrected chi connectivity index (χ0v) is 19.6. The first kappa shape index (κ1) is 19.7. The molecule has 5 aromatic rings. The molecule has 0 atom stereocenters. The largest absolute Gasteiger partial charge is 0.248 e. The van der Waals surface area contributed by atoms with Gasteiger partial charge in [-0.3, -0.25) is 0 Å². The average Bonchev–Trinajstić information content (AvgIpc) is 2.78. The molecular weight excluding hydrogens is 390 g/mol. The van der Waals surface area contributed by atoms with Crippen LogP contribution in [0.5, 0.6) is 0 Å². The molecule has 0 amide bonds. The first-order valence-electron chi connectivity index (χ1n) is 10.9. The molecule has 5 rings (SSSR count). The Morgan fingerprint density at radius 2 is 1.39 bits per heavy atom. The number of pyridine rings is 1. The maximum Gasteiger partial charge on any atom is 0.0776 e. The summed E-state index contributed by atoms with van der Waals surface area (Å²) >= 11 is 0. The highest BCUT2D eigenvalue weighted by atomic mass is 28.3. The summed E-state index contributed by atoms with van der Waals surface area (Å²) in [4.78, 5) is 5.12. The third-order valence-corrected chi connectivity index (χ3v) is 8.17. The molecule has 0 saturated heterocycles. The van der Waals surface area contributed by atoms with E-state index in [4.69, 9.17) is 4.98 Å². The maximum atomic E-state index is 5.12. The van der Waals surface area contributed by atoms with Gasteiger partial charge in [0.15, 0.2) is 0 Å². The quantitative estimate of drug-likeness (QED) is 0.276. The van der Waals surface area contributed by atoms with E-state index in [0.717, 1.165) is 11.2 Å². The summed E-state index contributed by atoms with van der Waals surface area (Å²) in [6.45, 7) is 9.38. The number of hydrogen-bond acceptors (Lipinski definition) is 1. The molecule has 0 aliphatic rings. The summed E-state index contributed by atoms with van der Waals surface area (Å²) in [5, 5.41) is 5.27. The number of hydrogen-bond donors (Lipinski definition) is 0. The molecule has 1 nitrogen and oxygen atoms in total. The minimum absolute atomic E-state index is 1.03. The van der Waals surface area contributed by atoms with E-state index in [0.29, 0.717) is 0 Å². The van der Waals surface area contributed by atoms with Crippen molar-refractivity contribution in [2.75, 3.05) is 0 Å². The highest BCUT2D eigenvalue weighted by Gasteiger charge is 2.18. The molecule has 0 radical (unpaired) electrons. The summed E-state index contributed by atoms with van der Waals surface area (Å²) < 4.78 is 0. The number of aryl methyl sites for hydroxylation is 1. The second-order valence-corrected chi connectivity index (χ2v) is 14.5. The minimum Gasteiger partial charge on any atom is -0.248 e. The Morgan fingerprint density at radius 1 is 0.645 bits per heavy atom. The number of benzene rings is 4. The van der Waals surface area contributed by atoms with Gasteiger partial charge < -0.3 is 0 Å². The zero-order valence-electron chi connectivity index (χ0n) is 18.6. The number of nitrogens with zero attached hydrogens (tertiary/aromatic N) is 1. The van der Waals surface area contributed by atoms with Gasteiger partial charge in [0, 0.05) is 10.9 Å². The molecule has 0 aliphatic heterocycles. The fourth-order valence-electron chi connectivity index (χ4n) is 4.35. The van der Waals surface area contributed by atoms with Crippen molar-refractivity contribution in [3.8, 4) is 22.4 Å². The smallest absolute Gasteiger partial charge is 0.0776 e. The summed E-state index contributed by atoms with van der Waals surface area (Å²) in [5.74, 6) is 0. The molecule has 1 heterocycles. The lowest BCUT2D eigenvalue weighted by Crippen LogP contribution is -2.37. The lowest BCUT2D eigenvalue weighted by molar-refractivity contribution is 1.39. The lowest BCUT2D eigenvalue weighted by atomic mass is 9.96. The molecule has 0 saturated carbocycles. The molecule has 0 fully saturated rings. The number of rotatable bonds is 3. The summed E-state index contributed by atoms with van der Waals surface area (Å²) in [5.41, 5.74) is 7.04. The van der Waals surface area contributed by atoms with Gasteiger partial charge in [-0.1, -0.05) is 91.6 Å². The maximum absolute atomic E-state index is 5.12. The molecule has 0 N–H and O–H groups in total. The van der Waals surface area contributed by atoms with E-state index in [1.807, 2.05) is 0 Å². The van der Waals surface area contributed by atoms with Gasteiger partial charge in [-0.25, -0.2) is 4.98 Å². The highest BCUT2D eigenvalue weighted by Crippen LogP contribution is 2.34. The minimum atomic E-state index is -1.42. The van der Waals surface area contributed by atoms with E-state index in [2.05, 4.69) is 118 Å². The van der Waals surface area contributed by atoms with Crippen LogP contribution in [0.15, 0.2) is 91.0 Å². The molecule has 0 aliphatic carbocycles. The van der Waals surface area contributed by atoms with Gasteiger partial charge in [-0.05, 0) is 58.7 Å². The van der Waals surface area contributed by atoms with Crippen LogP contribution in [0.1, 0.15) is 5.56 Å². The Kier molecular flexibility index (Phi) is 4.75. The van der Waals surface area contributed by atoms with Crippen molar-refractivity contribution in [2.24, 2.45) is 0 Å². The average molecular weight is 418 g/mol. The van der Waals surface area contributed by atoms with Gasteiger partial charge in [-0.15, -0.1) is 0 Å². The lowest BCUT2D eigenvalue weighted by Gasteiger charge is -2.19. The normalized spacial score (nSPS) is 11.9. The first-order valence-corrected chi connectivity index (χ1v) is 14.4. The van der Waals surface area contributed by atoms with Crippen LogP contribution in [0.4, 0.5) is 0 Å². The van der Waals surface area contributed by atoms with Crippen LogP contribution < -0.4 is 5.19 Å². The highest BCUT2D eigenvalue weighted by molar-refractivity contribution is 6.88. The SMILES string of the molecule is Cc1cc(-c2cc(-c3ccccc3)c3cc([Si](C)(C)C)ccc3n2)cc2ccccc12. The van der Waals surface area contributed by atoms with E-state index in [-0.39, 0.29) is 0 Å². The van der Waals surface area contributed by atoms with Gasteiger partial charge in [-0.2, -0.15) is 0 Å². The van der Waals surface area contributed by atoms with Gasteiger partial charge in [0.25, 0.3) is 0 Å². The van der Waals surface area contributed by atoms with Crippen LogP contribution in [-0.2, 0) is 0 Å². The van der Waals surface area contributed by atoms with Gasteiger partial charge in [0.2, 0.25) is 0 Å². The third-order valence-electron chi connectivity index (χ3n) is 6.12. The van der Waals surface area contributed by atoms with E-state index in [9.17, 15) is 0 Å². The van der Waals surface area contributed by atoms with Crippen molar-refractivity contribution < 1.29 is 0 Å². The van der Waals surface area contributed by atoms with Crippen molar-refractivity contribution in [3.05, 3.63) is 96.6 Å². The second kappa shape index (κ2) is 7.47. The van der Waals surface area contributed by atoms with E-state index < -0.39 is 8.07 Å². The van der Waals surface area contributed by atoms with Gasteiger partial charge in [0.1, 0.15) is 0 Å². The Labute approximate surface area is 185 Å². The van der Waals surface area contributed by atoms with Crippen LogP contribution in [0.3, 0.4) is 0 Å². The van der Waals surface area contributed by atoms with Crippen molar-refractivity contribution >= 4 is 34.9 Å². The summed E-state index contributed by atoms with van der Waals surface area (Å²) in [6, 6.07) is 33.0. The number of aromatic nitrogens is 1. The fraction of sp³-hybridized carbons (Fsp3) is 0.138. The topological polar surface area (TPSA) is 12.9 Å². The van der Waals surface area contributed by atoms with Crippen LogP contribution >= 0.6 is 0 Å². The predicted molar refractivity (Wildman–Crippen MR) is 138 cm³/mol. The van der Waals surface area contributed by atoms with Crippen LogP contribution in [0.25, 0.3) is 44.1 Å². The predicted octanol–water partition coefficient (Wildman–Crippen LogP) is 7.58. The Bertz CT molecular complexity index is 1410. The van der Waals surface area contributed by atoms with Crippen LogP contribution in [0.2, 0.25) is 19.6 Å². The van der Waals surface area contributed by atoms with Crippen molar-refractivity contribution in [3.63, 3.8) is 0 Å². The Morgan fingerprint density at radius 3 is 2.16 bits per heavy atom. The molecule has 0 unspecified atom stereocenters. The van der Waals surface area contributed by atoms with E-state index >= 15 is 0 Å². The molecule has 1 aromatic heterocycles. The van der Waals surface area contributed by atoms with Crippen LogP contribution in [-0.4, -0.2) is 13.1 Å². The first-order chi connectivity index (χ1) is 14.9. The molecule has 152 valence electrons. The van der Waals surface area contributed by atoms with E-state index in [1.165, 1.54) is 43.6 Å². The van der Waals surface area contributed by atoms with Crippen LogP contribution in [0, 0.1) is 6.92 Å². The van der Waals surface area contributed by atoms with Crippen molar-refractivity contribution in [1.82, 2.24) is 4.98 Å². The second-order valence-electron chi connectivity index (χ2n) is 9.42. The van der Waals surface area contributed by atoms with Crippen molar-refractivity contribution in [1.29, 1.82) is 0 Å². The number of fused-ring (bicyclic) bond motifs is 2.